The predicted molar refractivity (Wildman–Crippen MR) is 74.4 cm³/mol. The Hall–Kier alpha value is -2.69. The minimum atomic E-state index is -1.04. The lowest BCUT2D eigenvalue weighted by atomic mass is 10.1. The van der Waals surface area contributed by atoms with E-state index in [-0.39, 0.29) is 6.54 Å². The first-order valence-electron chi connectivity index (χ1n) is 5.99. The van der Waals surface area contributed by atoms with Gasteiger partial charge >= 0.3 is 6.09 Å². The molecule has 2 aromatic rings. The smallest absolute Gasteiger partial charge is 0.404 e. The van der Waals surface area contributed by atoms with Gasteiger partial charge in [-0.15, -0.1) is 0 Å². The Balaban J connectivity index is 1.99. The van der Waals surface area contributed by atoms with Crippen molar-refractivity contribution in [2.24, 2.45) is 0 Å². The summed E-state index contributed by atoms with van der Waals surface area (Å²) >= 11 is 0. The highest BCUT2D eigenvalue weighted by molar-refractivity contribution is 5.69. The van der Waals surface area contributed by atoms with Gasteiger partial charge in [0.1, 0.15) is 0 Å². The molecular weight excluding hydrogens is 259 g/mol. The zero-order valence-corrected chi connectivity index (χ0v) is 10.6. The minimum Gasteiger partial charge on any atom is -0.465 e. The summed E-state index contributed by atoms with van der Waals surface area (Å²) in [6.45, 7) is 0.279. The summed E-state index contributed by atoms with van der Waals surface area (Å²) in [4.78, 5) is 13.9. The van der Waals surface area contributed by atoms with Crippen LogP contribution in [0.4, 0.5) is 9.18 Å². The number of halogens is 1. The van der Waals surface area contributed by atoms with Crippen molar-refractivity contribution in [2.45, 2.75) is 6.54 Å². The highest BCUT2D eigenvalue weighted by atomic mass is 19.1. The molecular formula is C15H13FN2O2. The molecule has 0 radical (unpaired) electrons. The molecule has 20 heavy (non-hydrogen) atoms. The molecule has 1 aromatic carbocycles. The van der Waals surface area contributed by atoms with Crippen LogP contribution in [0.3, 0.4) is 0 Å². The lowest BCUT2D eigenvalue weighted by molar-refractivity contribution is 0.194. The number of hydrogen-bond donors (Lipinski definition) is 2. The van der Waals surface area contributed by atoms with Gasteiger partial charge in [0, 0.05) is 12.7 Å². The Labute approximate surface area is 115 Å². The summed E-state index contributed by atoms with van der Waals surface area (Å²) in [5.74, 6) is -0.502. The largest absolute Gasteiger partial charge is 0.465 e. The number of amides is 1. The molecule has 0 unspecified atom stereocenters. The molecule has 1 aromatic heterocycles. The lowest BCUT2D eigenvalue weighted by Gasteiger charge is -2.01. The first kappa shape index (κ1) is 13.7. The Morgan fingerprint density at radius 2 is 1.80 bits per heavy atom. The van der Waals surface area contributed by atoms with Gasteiger partial charge in [-0.25, -0.2) is 9.78 Å². The van der Waals surface area contributed by atoms with Crippen molar-refractivity contribution in [1.82, 2.24) is 10.3 Å². The molecule has 0 fully saturated rings. The van der Waals surface area contributed by atoms with Crippen molar-refractivity contribution in [3.8, 4) is 0 Å². The number of aromatic nitrogens is 1. The maximum absolute atomic E-state index is 12.6. The standard InChI is InChI=1S/C15H13FN2O2/c16-14-8-7-13(9-17-14)6-3-11-1-4-12(5-2-11)10-18-15(19)20/h1-9,18H,10H2,(H,19,20)/b6-3+. The van der Waals surface area contributed by atoms with E-state index >= 15 is 0 Å². The van der Waals surface area contributed by atoms with Crippen molar-refractivity contribution in [2.75, 3.05) is 0 Å². The molecule has 0 aliphatic carbocycles. The van der Waals surface area contributed by atoms with E-state index < -0.39 is 12.0 Å². The number of benzene rings is 1. The molecule has 4 nitrogen and oxygen atoms in total. The zero-order chi connectivity index (χ0) is 14.4. The van der Waals surface area contributed by atoms with Crippen LogP contribution in [0.5, 0.6) is 0 Å². The maximum atomic E-state index is 12.6. The van der Waals surface area contributed by atoms with E-state index in [2.05, 4.69) is 10.3 Å². The zero-order valence-electron chi connectivity index (χ0n) is 10.6. The number of rotatable bonds is 4. The molecule has 1 amide bonds. The molecule has 0 aliphatic rings. The second kappa shape index (κ2) is 6.47. The van der Waals surface area contributed by atoms with Gasteiger partial charge in [0.25, 0.3) is 0 Å². The first-order valence-corrected chi connectivity index (χ1v) is 5.99. The van der Waals surface area contributed by atoms with Crippen molar-refractivity contribution in [1.29, 1.82) is 0 Å². The molecule has 0 spiro atoms. The van der Waals surface area contributed by atoms with Crippen LogP contribution in [-0.2, 0) is 6.54 Å². The number of carboxylic acid groups (broad SMARTS) is 1. The van der Waals surface area contributed by atoms with E-state index in [1.165, 1.54) is 12.3 Å². The number of nitrogens with one attached hydrogen (secondary N) is 1. The average molecular weight is 272 g/mol. The third-order valence-electron chi connectivity index (χ3n) is 2.64. The third kappa shape index (κ3) is 4.20. The number of nitrogens with zero attached hydrogens (tertiary/aromatic N) is 1. The monoisotopic (exact) mass is 272 g/mol. The molecule has 0 atom stereocenters. The van der Waals surface area contributed by atoms with Crippen molar-refractivity contribution in [3.05, 3.63) is 65.2 Å². The Morgan fingerprint density at radius 1 is 1.15 bits per heavy atom. The van der Waals surface area contributed by atoms with E-state index in [1.807, 2.05) is 36.4 Å². The SMILES string of the molecule is O=C(O)NCc1ccc(/C=C/c2ccc(F)nc2)cc1. The van der Waals surface area contributed by atoms with E-state index in [0.29, 0.717) is 0 Å². The Bertz CT molecular complexity index is 607. The summed E-state index contributed by atoms with van der Waals surface area (Å²) in [6.07, 6.45) is 4.12. The summed E-state index contributed by atoms with van der Waals surface area (Å²) in [5, 5.41) is 10.8. The van der Waals surface area contributed by atoms with Crippen LogP contribution in [0, 0.1) is 5.95 Å². The lowest BCUT2D eigenvalue weighted by Crippen LogP contribution is -2.19. The van der Waals surface area contributed by atoms with Crippen molar-refractivity contribution in [3.63, 3.8) is 0 Å². The van der Waals surface area contributed by atoms with Gasteiger partial charge in [-0.3, -0.25) is 0 Å². The molecule has 0 saturated carbocycles. The third-order valence-corrected chi connectivity index (χ3v) is 2.64. The molecule has 0 aliphatic heterocycles. The Kier molecular flexibility index (Phi) is 4.44. The van der Waals surface area contributed by atoms with Crippen molar-refractivity contribution < 1.29 is 14.3 Å². The van der Waals surface area contributed by atoms with Gasteiger partial charge in [-0.1, -0.05) is 36.4 Å². The van der Waals surface area contributed by atoms with E-state index in [1.54, 1.807) is 6.07 Å². The van der Waals surface area contributed by atoms with Gasteiger partial charge in [-0.2, -0.15) is 4.39 Å². The Morgan fingerprint density at radius 3 is 2.40 bits per heavy atom. The van der Waals surface area contributed by atoms with Gasteiger partial charge in [0.15, 0.2) is 0 Å². The average Bonchev–Trinajstić information content (AvgIpc) is 2.45. The fourth-order valence-electron chi connectivity index (χ4n) is 1.60. The van der Waals surface area contributed by atoms with Crippen LogP contribution in [0.15, 0.2) is 42.6 Å². The van der Waals surface area contributed by atoms with Crippen molar-refractivity contribution >= 4 is 18.2 Å². The van der Waals surface area contributed by atoms with Crippen LogP contribution < -0.4 is 5.32 Å². The number of carbonyl (C=O) groups is 1. The van der Waals surface area contributed by atoms with E-state index in [9.17, 15) is 9.18 Å². The van der Waals surface area contributed by atoms with Crippen LogP contribution in [-0.4, -0.2) is 16.2 Å². The summed E-state index contributed by atoms with van der Waals surface area (Å²) < 4.78 is 12.6. The molecule has 2 N–H and O–H groups in total. The molecule has 102 valence electrons. The molecule has 0 bridgehead atoms. The van der Waals surface area contributed by atoms with Crippen LogP contribution >= 0.6 is 0 Å². The second-order valence-corrected chi connectivity index (χ2v) is 4.15. The maximum Gasteiger partial charge on any atom is 0.404 e. The summed E-state index contributed by atoms with van der Waals surface area (Å²) in [7, 11) is 0. The topological polar surface area (TPSA) is 62.2 Å². The van der Waals surface area contributed by atoms with Gasteiger partial charge in [0.05, 0.1) is 0 Å². The van der Waals surface area contributed by atoms with Gasteiger partial charge in [0.2, 0.25) is 5.95 Å². The van der Waals surface area contributed by atoms with E-state index in [0.717, 1.165) is 16.7 Å². The first-order chi connectivity index (χ1) is 9.63. The minimum absolute atomic E-state index is 0.279. The van der Waals surface area contributed by atoms with Gasteiger partial charge in [-0.05, 0) is 28.8 Å². The molecule has 2 rings (SSSR count). The number of hydrogen-bond acceptors (Lipinski definition) is 2. The fraction of sp³-hybridized carbons (Fsp3) is 0.0667. The highest BCUT2D eigenvalue weighted by Crippen LogP contribution is 2.09. The van der Waals surface area contributed by atoms with Crippen LogP contribution in [0.1, 0.15) is 16.7 Å². The number of pyridine rings is 1. The second-order valence-electron chi connectivity index (χ2n) is 4.15. The quantitative estimate of drug-likeness (QED) is 0.840. The van der Waals surface area contributed by atoms with E-state index in [4.69, 9.17) is 5.11 Å². The molecule has 0 saturated heterocycles. The van der Waals surface area contributed by atoms with Crippen LogP contribution in [0.2, 0.25) is 0 Å². The highest BCUT2D eigenvalue weighted by Gasteiger charge is 1.96. The summed E-state index contributed by atoms with van der Waals surface area (Å²) in [6, 6.07) is 10.4. The molecule has 5 heteroatoms. The fourth-order valence-corrected chi connectivity index (χ4v) is 1.60. The van der Waals surface area contributed by atoms with Gasteiger partial charge < -0.3 is 10.4 Å². The predicted octanol–water partition coefficient (Wildman–Crippen LogP) is 3.16. The summed E-state index contributed by atoms with van der Waals surface area (Å²) in [5.41, 5.74) is 2.66. The van der Waals surface area contributed by atoms with Crippen LogP contribution in [0.25, 0.3) is 12.2 Å². The molecule has 1 heterocycles. The normalized spacial score (nSPS) is 10.7.